The van der Waals surface area contributed by atoms with Crippen LogP contribution in [0.1, 0.15) is 27.2 Å². The maximum absolute atomic E-state index is 5.80. The maximum Gasteiger partial charge on any atom is 0.0894 e. The fourth-order valence-corrected chi connectivity index (χ4v) is 2.93. The molecular weight excluding hydrogens is 264 g/mol. The summed E-state index contributed by atoms with van der Waals surface area (Å²) in [5.41, 5.74) is 2.23. The number of aromatic nitrogens is 3. The van der Waals surface area contributed by atoms with E-state index in [1.807, 2.05) is 24.4 Å². The van der Waals surface area contributed by atoms with Crippen LogP contribution in [0.25, 0.3) is 5.69 Å². The molecule has 21 heavy (non-hydrogen) atoms. The van der Waals surface area contributed by atoms with E-state index in [1.54, 1.807) is 10.9 Å². The number of hydrogen-bond donors (Lipinski definition) is 1. The predicted molar refractivity (Wildman–Crippen MR) is 82.6 cm³/mol. The second-order valence-corrected chi connectivity index (χ2v) is 6.06. The largest absolute Gasteiger partial charge is 0.380 e. The minimum Gasteiger partial charge on any atom is -0.380 e. The lowest BCUT2D eigenvalue weighted by Gasteiger charge is -2.52. The van der Waals surface area contributed by atoms with Crippen LogP contribution >= 0.6 is 0 Å². The molecule has 1 aromatic heterocycles. The van der Waals surface area contributed by atoms with Gasteiger partial charge in [-0.15, -0.1) is 5.10 Å². The Morgan fingerprint density at radius 3 is 2.86 bits per heavy atom. The van der Waals surface area contributed by atoms with Gasteiger partial charge in [-0.25, -0.2) is 4.68 Å². The molecule has 3 rings (SSSR count). The fraction of sp³-hybridized carbons (Fsp3) is 0.500. The summed E-state index contributed by atoms with van der Waals surface area (Å²) in [6.45, 7) is 7.34. The van der Waals surface area contributed by atoms with Crippen LogP contribution in [0.3, 0.4) is 0 Å². The summed E-state index contributed by atoms with van der Waals surface area (Å²) in [4.78, 5) is 0. The van der Waals surface area contributed by atoms with Gasteiger partial charge in [-0.3, -0.25) is 0 Å². The van der Waals surface area contributed by atoms with E-state index in [1.165, 1.54) is 0 Å². The number of para-hydroxylation sites is 2. The quantitative estimate of drug-likeness (QED) is 0.918. The Labute approximate surface area is 125 Å². The Kier molecular flexibility index (Phi) is 3.68. The van der Waals surface area contributed by atoms with E-state index in [0.29, 0.717) is 12.1 Å². The van der Waals surface area contributed by atoms with Gasteiger partial charge in [-0.1, -0.05) is 31.2 Å². The van der Waals surface area contributed by atoms with E-state index < -0.39 is 0 Å². The first kappa shape index (κ1) is 14.1. The monoisotopic (exact) mass is 286 g/mol. The summed E-state index contributed by atoms with van der Waals surface area (Å²) in [7, 11) is 0. The van der Waals surface area contributed by atoms with E-state index in [9.17, 15) is 0 Å². The molecule has 0 aliphatic heterocycles. The highest BCUT2D eigenvalue weighted by atomic mass is 16.5. The molecule has 2 aromatic rings. The molecule has 1 aromatic carbocycles. The van der Waals surface area contributed by atoms with Crippen molar-refractivity contribution in [3.63, 3.8) is 0 Å². The van der Waals surface area contributed by atoms with Crippen LogP contribution in [0.4, 0.5) is 5.69 Å². The van der Waals surface area contributed by atoms with Gasteiger partial charge in [-0.05, 0) is 25.5 Å². The SMILES string of the molecule is CCOC1CC(Nc2ccccc2-n2ccnn2)C1(C)C. The molecule has 1 aliphatic carbocycles. The summed E-state index contributed by atoms with van der Waals surface area (Å²) in [5.74, 6) is 0. The second kappa shape index (κ2) is 5.48. The molecule has 5 nitrogen and oxygen atoms in total. The third kappa shape index (κ3) is 2.53. The molecule has 2 atom stereocenters. The topological polar surface area (TPSA) is 52.0 Å². The van der Waals surface area contributed by atoms with Crippen molar-refractivity contribution >= 4 is 5.69 Å². The Hall–Kier alpha value is -1.88. The molecule has 5 heteroatoms. The summed E-state index contributed by atoms with van der Waals surface area (Å²) in [5, 5.41) is 11.6. The van der Waals surface area contributed by atoms with Crippen molar-refractivity contribution < 1.29 is 4.74 Å². The van der Waals surface area contributed by atoms with Crippen LogP contribution in [0.5, 0.6) is 0 Å². The summed E-state index contributed by atoms with van der Waals surface area (Å²) in [6.07, 6.45) is 4.91. The van der Waals surface area contributed by atoms with Gasteiger partial charge in [0.05, 0.1) is 29.9 Å². The average Bonchev–Trinajstić information content (AvgIpc) is 3.01. The molecule has 1 aliphatic rings. The number of nitrogens with one attached hydrogen (secondary N) is 1. The Morgan fingerprint density at radius 2 is 2.19 bits per heavy atom. The number of ether oxygens (including phenoxy) is 1. The van der Waals surface area contributed by atoms with Crippen molar-refractivity contribution in [2.24, 2.45) is 5.41 Å². The molecule has 0 amide bonds. The zero-order chi connectivity index (χ0) is 14.9. The van der Waals surface area contributed by atoms with Gasteiger partial charge < -0.3 is 10.1 Å². The van der Waals surface area contributed by atoms with Gasteiger partial charge >= 0.3 is 0 Å². The zero-order valence-corrected chi connectivity index (χ0v) is 12.8. The molecule has 2 unspecified atom stereocenters. The Balaban J connectivity index is 1.78. The van der Waals surface area contributed by atoms with Gasteiger partial charge in [0.15, 0.2) is 0 Å². The standard InChI is InChI=1S/C16H22N4O/c1-4-21-15-11-14(16(15,2)3)18-12-7-5-6-8-13(12)20-10-9-17-19-20/h5-10,14-15,18H,4,11H2,1-3H3. The number of anilines is 1. The molecule has 0 saturated heterocycles. The van der Waals surface area contributed by atoms with Crippen molar-refractivity contribution in [2.45, 2.75) is 39.3 Å². The van der Waals surface area contributed by atoms with E-state index in [-0.39, 0.29) is 5.41 Å². The summed E-state index contributed by atoms with van der Waals surface area (Å²) >= 11 is 0. The van der Waals surface area contributed by atoms with Gasteiger partial charge in [0.2, 0.25) is 0 Å². The number of nitrogens with zero attached hydrogens (tertiary/aromatic N) is 3. The van der Waals surface area contributed by atoms with Crippen molar-refractivity contribution in [3.8, 4) is 5.69 Å². The van der Waals surface area contributed by atoms with E-state index in [0.717, 1.165) is 24.4 Å². The van der Waals surface area contributed by atoms with Gasteiger partial charge in [-0.2, -0.15) is 0 Å². The first-order valence-electron chi connectivity index (χ1n) is 7.46. The lowest BCUT2D eigenvalue weighted by atomic mass is 9.64. The third-order valence-electron chi connectivity index (χ3n) is 4.45. The normalized spacial score (nSPS) is 23.6. The van der Waals surface area contributed by atoms with Crippen LogP contribution in [-0.2, 0) is 4.74 Å². The fourth-order valence-electron chi connectivity index (χ4n) is 2.93. The first-order chi connectivity index (χ1) is 10.1. The van der Waals surface area contributed by atoms with Crippen LogP contribution in [0.15, 0.2) is 36.7 Å². The van der Waals surface area contributed by atoms with Crippen molar-refractivity contribution in [3.05, 3.63) is 36.7 Å². The molecule has 112 valence electrons. The molecule has 1 fully saturated rings. The van der Waals surface area contributed by atoms with Crippen LogP contribution < -0.4 is 5.32 Å². The Bertz CT molecular complexity index is 594. The van der Waals surface area contributed by atoms with Crippen LogP contribution in [0.2, 0.25) is 0 Å². The molecule has 1 N–H and O–H groups in total. The zero-order valence-electron chi connectivity index (χ0n) is 12.8. The lowest BCUT2D eigenvalue weighted by Crippen LogP contribution is -2.58. The van der Waals surface area contributed by atoms with Gasteiger partial charge in [0.1, 0.15) is 0 Å². The molecule has 0 bridgehead atoms. The van der Waals surface area contributed by atoms with Crippen molar-refractivity contribution in [1.82, 2.24) is 15.0 Å². The minimum atomic E-state index is 0.130. The summed E-state index contributed by atoms with van der Waals surface area (Å²) < 4.78 is 7.58. The van der Waals surface area contributed by atoms with Crippen molar-refractivity contribution in [1.29, 1.82) is 0 Å². The molecule has 0 spiro atoms. The highest BCUT2D eigenvalue weighted by molar-refractivity contribution is 5.61. The van der Waals surface area contributed by atoms with Crippen LogP contribution in [0, 0.1) is 5.41 Å². The van der Waals surface area contributed by atoms with Crippen molar-refractivity contribution in [2.75, 3.05) is 11.9 Å². The number of benzene rings is 1. The van der Waals surface area contributed by atoms with E-state index in [2.05, 4.69) is 42.5 Å². The second-order valence-electron chi connectivity index (χ2n) is 6.06. The number of rotatable bonds is 5. The van der Waals surface area contributed by atoms with E-state index in [4.69, 9.17) is 4.74 Å². The Morgan fingerprint density at radius 1 is 1.38 bits per heavy atom. The average molecular weight is 286 g/mol. The molecule has 1 saturated carbocycles. The van der Waals surface area contributed by atoms with Crippen LogP contribution in [-0.4, -0.2) is 33.7 Å². The molecule has 0 radical (unpaired) electrons. The smallest absolute Gasteiger partial charge is 0.0894 e. The summed E-state index contributed by atoms with van der Waals surface area (Å²) in [6, 6.07) is 8.58. The highest BCUT2D eigenvalue weighted by Crippen LogP contribution is 2.44. The third-order valence-corrected chi connectivity index (χ3v) is 4.45. The van der Waals surface area contributed by atoms with E-state index >= 15 is 0 Å². The molecule has 1 heterocycles. The lowest BCUT2D eigenvalue weighted by molar-refractivity contribution is -0.0975. The number of hydrogen-bond acceptors (Lipinski definition) is 4. The first-order valence-corrected chi connectivity index (χ1v) is 7.46. The predicted octanol–water partition coefficient (Wildman–Crippen LogP) is 2.88. The highest BCUT2D eigenvalue weighted by Gasteiger charge is 2.49. The molecular formula is C16H22N4O. The maximum atomic E-state index is 5.80. The van der Waals surface area contributed by atoms with Gasteiger partial charge in [0, 0.05) is 18.1 Å². The van der Waals surface area contributed by atoms with Gasteiger partial charge in [0.25, 0.3) is 0 Å². The minimum absolute atomic E-state index is 0.130.